The fourth-order valence-electron chi connectivity index (χ4n) is 2.70. The maximum absolute atomic E-state index is 10.8. The SMILES string of the molecule is COc1cc(NC2CCC(C)C2C)ccc1[N+](=O)[O-]. The number of ether oxygens (including phenoxy) is 1. The third-order valence-electron chi connectivity index (χ3n) is 4.19. The van der Waals surface area contributed by atoms with E-state index in [2.05, 4.69) is 19.2 Å². The summed E-state index contributed by atoms with van der Waals surface area (Å²) in [5, 5.41) is 14.3. The molecule has 5 heteroatoms. The average molecular weight is 264 g/mol. The van der Waals surface area contributed by atoms with E-state index in [9.17, 15) is 10.1 Å². The van der Waals surface area contributed by atoms with Crippen molar-refractivity contribution in [1.82, 2.24) is 0 Å². The minimum Gasteiger partial charge on any atom is -0.490 e. The van der Waals surface area contributed by atoms with Gasteiger partial charge in [0, 0.05) is 23.9 Å². The van der Waals surface area contributed by atoms with Crippen molar-refractivity contribution < 1.29 is 9.66 Å². The number of nitro benzene ring substituents is 1. The second kappa shape index (κ2) is 5.47. The summed E-state index contributed by atoms with van der Waals surface area (Å²) in [7, 11) is 1.45. The third kappa shape index (κ3) is 2.80. The molecule has 2 rings (SSSR count). The standard InChI is InChI=1S/C14H20N2O3/c1-9-4-6-12(10(9)2)15-11-5-7-13(16(17)18)14(8-11)19-3/h5,7-10,12,15H,4,6H2,1-3H3. The first kappa shape index (κ1) is 13.6. The van der Waals surface area contributed by atoms with Crippen LogP contribution in [-0.2, 0) is 0 Å². The number of nitrogens with zero attached hydrogens (tertiary/aromatic N) is 1. The van der Waals surface area contributed by atoms with Crippen molar-refractivity contribution >= 4 is 11.4 Å². The molecule has 1 aliphatic rings. The largest absolute Gasteiger partial charge is 0.490 e. The first-order valence-corrected chi connectivity index (χ1v) is 6.62. The van der Waals surface area contributed by atoms with E-state index in [-0.39, 0.29) is 5.69 Å². The van der Waals surface area contributed by atoms with Gasteiger partial charge in [-0.1, -0.05) is 13.8 Å². The zero-order chi connectivity index (χ0) is 14.0. The van der Waals surface area contributed by atoms with Gasteiger partial charge in [0.15, 0.2) is 5.75 Å². The molecule has 5 nitrogen and oxygen atoms in total. The first-order valence-electron chi connectivity index (χ1n) is 6.62. The second-order valence-electron chi connectivity index (χ2n) is 5.31. The number of methoxy groups -OCH3 is 1. The first-order chi connectivity index (χ1) is 9.02. The molecule has 0 radical (unpaired) electrons. The number of hydrogen-bond acceptors (Lipinski definition) is 4. The molecule has 0 saturated heterocycles. The second-order valence-corrected chi connectivity index (χ2v) is 5.31. The molecule has 0 amide bonds. The summed E-state index contributed by atoms with van der Waals surface area (Å²) in [4.78, 5) is 10.4. The molecule has 1 N–H and O–H groups in total. The average Bonchev–Trinajstić information content (AvgIpc) is 2.70. The fourth-order valence-corrected chi connectivity index (χ4v) is 2.70. The van der Waals surface area contributed by atoms with Crippen LogP contribution in [0.4, 0.5) is 11.4 Å². The van der Waals surface area contributed by atoms with Gasteiger partial charge in [0.1, 0.15) is 0 Å². The van der Waals surface area contributed by atoms with Crippen LogP contribution in [0.15, 0.2) is 18.2 Å². The van der Waals surface area contributed by atoms with Crippen molar-refractivity contribution in [2.24, 2.45) is 11.8 Å². The number of hydrogen-bond donors (Lipinski definition) is 1. The van der Waals surface area contributed by atoms with Crippen molar-refractivity contribution in [1.29, 1.82) is 0 Å². The highest BCUT2D eigenvalue weighted by atomic mass is 16.6. The van der Waals surface area contributed by atoms with Crippen molar-refractivity contribution in [3.63, 3.8) is 0 Å². The van der Waals surface area contributed by atoms with Crippen LogP contribution in [0.2, 0.25) is 0 Å². The van der Waals surface area contributed by atoms with Crippen LogP contribution >= 0.6 is 0 Å². The predicted molar refractivity (Wildman–Crippen MR) is 74.6 cm³/mol. The smallest absolute Gasteiger partial charge is 0.311 e. The van der Waals surface area contributed by atoms with Gasteiger partial charge in [-0.15, -0.1) is 0 Å². The summed E-state index contributed by atoms with van der Waals surface area (Å²) >= 11 is 0. The Hall–Kier alpha value is -1.78. The number of nitrogens with one attached hydrogen (secondary N) is 1. The Bertz CT molecular complexity index is 476. The fraction of sp³-hybridized carbons (Fsp3) is 0.571. The van der Waals surface area contributed by atoms with Gasteiger partial charge in [0.25, 0.3) is 0 Å². The molecule has 0 aliphatic heterocycles. The van der Waals surface area contributed by atoms with Gasteiger partial charge in [0.05, 0.1) is 12.0 Å². The zero-order valence-electron chi connectivity index (χ0n) is 11.6. The lowest BCUT2D eigenvalue weighted by Gasteiger charge is -2.21. The van der Waals surface area contributed by atoms with Crippen LogP contribution in [0.25, 0.3) is 0 Å². The molecular weight excluding hydrogens is 244 g/mol. The minimum absolute atomic E-state index is 0.000823. The molecule has 19 heavy (non-hydrogen) atoms. The van der Waals surface area contributed by atoms with Crippen LogP contribution < -0.4 is 10.1 Å². The molecule has 1 saturated carbocycles. The van der Waals surface area contributed by atoms with E-state index in [4.69, 9.17) is 4.74 Å². The quantitative estimate of drug-likeness (QED) is 0.668. The van der Waals surface area contributed by atoms with Crippen LogP contribution in [0, 0.1) is 22.0 Å². The van der Waals surface area contributed by atoms with E-state index in [1.54, 1.807) is 12.1 Å². The molecule has 104 valence electrons. The summed E-state index contributed by atoms with van der Waals surface area (Å²) in [6.07, 6.45) is 2.37. The molecule has 0 bridgehead atoms. The zero-order valence-corrected chi connectivity index (χ0v) is 11.6. The van der Waals surface area contributed by atoms with Gasteiger partial charge < -0.3 is 10.1 Å². The Morgan fingerprint density at radius 3 is 2.63 bits per heavy atom. The lowest BCUT2D eigenvalue weighted by Crippen LogP contribution is -2.23. The molecule has 3 atom stereocenters. The summed E-state index contributed by atoms with van der Waals surface area (Å²) in [6, 6.07) is 5.37. The Labute approximate surface area is 113 Å². The topological polar surface area (TPSA) is 64.4 Å². The molecule has 1 fully saturated rings. The number of nitro groups is 1. The molecule has 1 aromatic rings. The molecule has 0 heterocycles. The summed E-state index contributed by atoms with van der Waals surface area (Å²) in [6.45, 7) is 4.51. The molecular formula is C14H20N2O3. The Balaban J connectivity index is 2.16. The predicted octanol–water partition coefficient (Wildman–Crippen LogP) is 3.45. The van der Waals surface area contributed by atoms with E-state index in [0.29, 0.717) is 17.7 Å². The maximum Gasteiger partial charge on any atom is 0.311 e. The Morgan fingerprint density at radius 2 is 2.11 bits per heavy atom. The number of anilines is 1. The highest BCUT2D eigenvalue weighted by molar-refractivity contribution is 5.58. The molecule has 1 aromatic carbocycles. The Kier molecular flexibility index (Phi) is 3.93. The van der Waals surface area contributed by atoms with Gasteiger partial charge in [-0.05, 0) is 30.7 Å². The van der Waals surface area contributed by atoms with E-state index >= 15 is 0 Å². The van der Waals surface area contributed by atoms with Crippen LogP contribution in [0.3, 0.4) is 0 Å². The number of rotatable bonds is 4. The molecule has 1 aliphatic carbocycles. The van der Waals surface area contributed by atoms with Crippen molar-refractivity contribution in [2.75, 3.05) is 12.4 Å². The van der Waals surface area contributed by atoms with Crippen LogP contribution in [-0.4, -0.2) is 18.1 Å². The summed E-state index contributed by atoms with van der Waals surface area (Å²) < 4.78 is 5.08. The highest BCUT2D eigenvalue weighted by Gasteiger charge is 2.29. The minimum atomic E-state index is -0.428. The van der Waals surface area contributed by atoms with Crippen LogP contribution in [0.1, 0.15) is 26.7 Å². The van der Waals surface area contributed by atoms with E-state index in [0.717, 1.165) is 18.0 Å². The van der Waals surface area contributed by atoms with Gasteiger partial charge >= 0.3 is 5.69 Å². The van der Waals surface area contributed by atoms with Gasteiger partial charge in [-0.2, -0.15) is 0 Å². The van der Waals surface area contributed by atoms with Crippen LogP contribution in [0.5, 0.6) is 5.75 Å². The summed E-state index contributed by atoms with van der Waals surface area (Å²) in [5.74, 6) is 1.63. The summed E-state index contributed by atoms with van der Waals surface area (Å²) in [5.41, 5.74) is 0.884. The Morgan fingerprint density at radius 1 is 1.37 bits per heavy atom. The van der Waals surface area contributed by atoms with Gasteiger partial charge in [-0.3, -0.25) is 10.1 Å². The third-order valence-corrected chi connectivity index (χ3v) is 4.19. The van der Waals surface area contributed by atoms with Crippen molar-refractivity contribution in [2.45, 2.75) is 32.7 Å². The van der Waals surface area contributed by atoms with E-state index in [1.165, 1.54) is 19.6 Å². The number of benzene rings is 1. The normalized spacial score (nSPS) is 26.2. The lowest BCUT2D eigenvalue weighted by atomic mass is 9.97. The monoisotopic (exact) mass is 264 g/mol. The van der Waals surface area contributed by atoms with E-state index in [1.807, 2.05) is 0 Å². The van der Waals surface area contributed by atoms with E-state index < -0.39 is 4.92 Å². The van der Waals surface area contributed by atoms with Crippen molar-refractivity contribution in [3.05, 3.63) is 28.3 Å². The lowest BCUT2D eigenvalue weighted by molar-refractivity contribution is -0.385. The molecule has 3 unspecified atom stereocenters. The van der Waals surface area contributed by atoms with Crippen molar-refractivity contribution in [3.8, 4) is 5.75 Å². The van der Waals surface area contributed by atoms with Gasteiger partial charge in [0.2, 0.25) is 0 Å². The molecule has 0 aromatic heterocycles. The molecule has 0 spiro atoms. The highest BCUT2D eigenvalue weighted by Crippen LogP contribution is 2.35. The maximum atomic E-state index is 10.8. The van der Waals surface area contributed by atoms with Gasteiger partial charge in [-0.25, -0.2) is 0 Å².